The van der Waals surface area contributed by atoms with E-state index in [-0.39, 0.29) is 0 Å². The Morgan fingerprint density at radius 1 is 1.55 bits per heavy atom. The second-order valence-corrected chi connectivity index (χ2v) is 3.03. The molecule has 0 aromatic rings. The molecule has 0 aliphatic heterocycles. The van der Waals surface area contributed by atoms with Gasteiger partial charge in [0, 0.05) is 0 Å². The van der Waals surface area contributed by atoms with Gasteiger partial charge in [0.05, 0.1) is 12.7 Å². The van der Waals surface area contributed by atoms with E-state index < -0.39 is 29.2 Å². The summed E-state index contributed by atoms with van der Waals surface area (Å²) in [7, 11) is -4.60. The first-order valence-corrected chi connectivity index (χ1v) is 4.18. The first-order chi connectivity index (χ1) is 4.87. The summed E-state index contributed by atoms with van der Waals surface area (Å²) in [4.78, 5) is 0. The van der Waals surface area contributed by atoms with Crippen LogP contribution in [0.4, 0.5) is 0 Å². The van der Waals surface area contributed by atoms with E-state index in [1.807, 2.05) is 0 Å². The maximum Gasteiger partial charge on any atom is 0.397 e. The molecule has 68 valence electrons. The SMILES string of the molecule is C[C@@H](O)[C@H](CO)OS(=O)(=O)O. The van der Waals surface area contributed by atoms with E-state index in [1.54, 1.807) is 0 Å². The molecule has 2 atom stereocenters. The summed E-state index contributed by atoms with van der Waals surface area (Å²) in [6.07, 6.45) is -2.48. The minimum atomic E-state index is -4.60. The molecule has 11 heavy (non-hydrogen) atoms. The van der Waals surface area contributed by atoms with Crippen molar-refractivity contribution in [2.75, 3.05) is 6.61 Å². The van der Waals surface area contributed by atoms with E-state index in [4.69, 9.17) is 14.8 Å². The molecule has 0 aliphatic rings. The van der Waals surface area contributed by atoms with Gasteiger partial charge in [-0.25, -0.2) is 4.18 Å². The normalized spacial score (nSPS) is 17.8. The summed E-state index contributed by atoms with van der Waals surface area (Å²) in [5, 5.41) is 17.1. The van der Waals surface area contributed by atoms with Gasteiger partial charge in [0.1, 0.15) is 6.10 Å². The average Bonchev–Trinajstić information content (AvgIpc) is 1.80. The van der Waals surface area contributed by atoms with Crippen molar-refractivity contribution >= 4 is 10.4 Å². The van der Waals surface area contributed by atoms with E-state index in [1.165, 1.54) is 6.92 Å². The van der Waals surface area contributed by atoms with Gasteiger partial charge in [-0.1, -0.05) is 0 Å². The number of rotatable bonds is 4. The Bertz CT molecular complexity index is 195. The minimum absolute atomic E-state index is 0.683. The maximum atomic E-state index is 10.0. The Hall–Kier alpha value is -0.210. The lowest BCUT2D eigenvalue weighted by atomic mass is 10.2. The van der Waals surface area contributed by atoms with Crippen molar-refractivity contribution in [3.8, 4) is 0 Å². The van der Waals surface area contributed by atoms with Crippen molar-refractivity contribution in [1.82, 2.24) is 0 Å². The predicted molar refractivity (Wildman–Crippen MR) is 35.2 cm³/mol. The molecule has 0 fully saturated rings. The van der Waals surface area contributed by atoms with Crippen LogP contribution < -0.4 is 0 Å². The lowest BCUT2D eigenvalue weighted by molar-refractivity contribution is 0.00929. The van der Waals surface area contributed by atoms with Gasteiger partial charge in [0.15, 0.2) is 0 Å². The molecule has 0 radical (unpaired) electrons. The molecule has 0 aromatic heterocycles. The summed E-state index contributed by atoms with van der Waals surface area (Å²) in [6.45, 7) is 0.545. The van der Waals surface area contributed by atoms with Gasteiger partial charge in [-0.3, -0.25) is 4.55 Å². The van der Waals surface area contributed by atoms with Gasteiger partial charge in [-0.2, -0.15) is 8.42 Å². The Morgan fingerprint density at radius 2 is 2.00 bits per heavy atom. The lowest BCUT2D eigenvalue weighted by Gasteiger charge is -2.14. The molecule has 7 heteroatoms. The van der Waals surface area contributed by atoms with E-state index in [0.29, 0.717) is 0 Å². The maximum absolute atomic E-state index is 10.0. The highest BCUT2D eigenvalue weighted by molar-refractivity contribution is 7.80. The predicted octanol–water partition coefficient (Wildman–Crippen LogP) is -1.45. The van der Waals surface area contributed by atoms with Crippen molar-refractivity contribution in [2.45, 2.75) is 19.1 Å². The summed E-state index contributed by atoms with van der Waals surface area (Å²) in [6, 6.07) is 0. The van der Waals surface area contributed by atoms with Crippen LogP contribution in [0.1, 0.15) is 6.92 Å². The molecule has 6 nitrogen and oxygen atoms in total. The van der Waals surface area contributed by atoms with Crippen LogP contribution in [0, 0.1) is 0 Å². The molecule has 0 unspecified atom stereocenters. The molecule has 0 aromatic carbocycles. The van der Waals surface area contributed by atoms with Gasteiger partial charge >= 0.3 is 10.4 Å². The third kappa shape index (κ3) is 5.10. The number of aliphatic hydroxyl groups is 2. The molecule has 0 aliphatic carbocycles. The molecule has 0 saturated heterocycles. The third-order valence-corrected chi connectivity index (χ3v) is 1.45. The van der Waals surface area contributed by atoms with Crippen LogP contribution >= 0.6 is 0 Å². The molecule has 0 saturated carbocycles. The lowest BCUT2D eigenvalue weighted by Crippen LogP contribution is -2.32. The van der Waals surface area contributed by atoms with Crippen LogP contribution in [-0.2, 0) is 14.6 Å². The highest BCUT2D eigenvalue weighted by atomic mass is 32.3. The van der Waals surface area contributed by atoms with Crippen LogP contribution in [0.3, 0.4) is 0 Å². The quantitative estimate of drug-likeness (QED) is 0.464. The van der Waals surface area contributed by atoms with E-state index >= 15 is 0 Å². The fourth-order valence-electron chi connectivity index (χ4n) is 0.420. The first kappa shape index (κ1) is 10.8. The van der Waals surface area contributed by atoms with Gasteiger partial charge in [0.25, 0.3) is 0 Å². The minimum Gasteiger partial charge on any atom is -0.394 e. The number of aliphatic hydroxyl groups excluding tert-OH is 2. The van der Waals surface area contributed by atoms with Gasteiger partial charge < -0.3 is 10.2 Å². The van der Waals surface area contributed by atoms with E-state index in [0.717, 1.165) is 0 Å². The Morgan fingerprint density at radius 3 is 2.09 bits per heavy atom. The average molecular weight is 186 g/mol. The summed E-state index contributed by atoms with van der Waals surface area (Å²) >= 11 is 0. The molecule has 0 rings (SSSR count). The summed E-state index contributed by atoms with van der Waals surface area (Å²) in [5.74, 6) is 0. The largest absolute Gasteiger partial charge is 0.397 e. The zero-order chi connectivity index (χ0) is 9.07. The van der Waals surface area contributed by atoms with Crippen molar-refractivity contribution in [2.24, 2.45) is 0 Å². The van der Waals surface area contributed by atoms with Gasteiger partial charge in [-0.15, -0.1) is 0 Å². The Kier molecular flexibility index (Phi) is 3.90. The van der Waals surface area contributed by atoms with Gasteiger partial charge in [-0.05, 0) is 6.92 Å². The second-order valence-electron chi connectivity index (χ2n) is 1.99. The highest BCUT2D eigenvalue weighted by Gasteiger charge is 2.20. The van der Waals surface area contributed by atoms with Crippen LogP contribution in [0.15, 0.2) is 0 Å². The molecule has 0 amide bonds. The summed E-state index contributed by atoms with van der Waals surface area (Å²) < 4.78 is 32.0. The topological polar surface area (TPSA) is 104 Å². The standard InChI is InChI=1S/C4H10O6S/c1-3(6)4(2-5)10-11(7,8)9/h3-6H,2H2,1H3,(H,7,8,9)/t3-,4+/m1/s1. The van der Waals surface area contributed by atoms with Crippen molar-refractivity contribution in [3.05, 3.63) is 0 Å². The zero-order valence-corrected chi connectivity index (χ0v) is 6.65. The molecular formula is C4H10O6S. The molecule has 0 spiro atoms. The van der Waals surface area contributed by atoms with Crippen molar-refractivity contribution < 1.29 is 27.4 Å². The van der Waals surface area contributed by atoms with Crippen LogP contribution in [-0.4, -0.2) is 42.0 Å². The van der Waals surface area contributed by atoms with Gasteiger partial charge in [0.2, 0.25) is 0 Å². The second kappa shape index (κ2) is 3.98. The number of hydrogen-bond acceptors (Lipinski definition) is 5. The van der Waals surface area contributed by atoms with Crippen molar-refractivity contribution in [1.29, 1.82) is 0 Å². The fraction of sp³-hybridized carbons (Fsp3) is 1.00. The molecule has 0 heterocycles. The smallest absolute Gasteiger partial charge is 0.394 e. The molecule has 3 N–H and O–H groups in total. The zero-order valence-electron chi connectivity index (χ0n) is 5.84. The van der Waals surface area contributed by atoms with Crippen LogP contribution in [0.2, 0.25) is 0 Å². The Labute approximate surface area is 64.4 Å². The molecular weight excluding hydrogens is 176 g/mol. The third-order valence-electron chi connectivity index (χ3n) is 0.963. The monoisotopic (exact) mass is 186 g/mol. The fourth-order valence-corrected chi connectivity index (χ4v) is 0.954. The summed E-state index contributed by atoms with van der Waals surface area (Å²) in [5.41, 5.74) is 0. The molecule has 0 bridgehead atoms. The van der Waals surface area contributed by atoms with Crippen LogP contribution in [0.25, 0.3) is 0 Å². The number of hydrogen-bond donors (Lipinski definition) is 3. The van der Waals surface area contributed by atoms with E-state index in [9.17, 15) is 8.42 Å². The highest BCUT2D eigenvalue weighted by Crippen LogP contribution is 2.01. The first-order valence-electron chi connectivity index (χ1n) is 2.81. The van der Waals surface area contributed by atoms with E-state index in [2.05, 4.69) is 4.18 Å². The van der Waals surface area contributed by atoms with Crippen LogP contribution in [0.5, 0.6) is 0 Å². The Balaban J connectivity index is 4.10. The van der Waals surface area contributed by atoms with Crippen molar-refractivity contribution in [3.63, 3.8) is 0 Å².